The third kappa shape index (κ3) is 8.39. The zero-order valence-electron chi connectivity index (χ0n) is 10.4. The van der Waals surface area contributed by atoms with Crippen LogP contribution in [0, 0.1) is 5.92 Å². The Hall–Kier alpha value is -0.920. The lowest BCUT2D eigenvalue weighted by Gasteiger charge is -2.10. The molecule has 0 amide bonds. The summed E-state index contributed by atoms with van der Waals surface area (Å²) in [5.41, 5.74) is 1.25. The fraction of sp³-hybridized carbons (Fsp3) is 0.500. The van der Waals surface area contributed by atoms with E-state index in [9.17, 15) is 4.57 Å². The number of anilines is 1. The molecule has 0 radical (unpaired) electrons. The molecular weight excluding hydrogens is 221 g/mol. The first-order chi connectivity index (χ1) is 7.57. The summed E-state index contributed by atoms with van der Waals surface area (Å²) >= 11 is 0. The quantitative estimate of drug-likeness (QED) is 0.754. The zero-order chi connectivity index (χ0) is 12.4. The van der Waals surface area contributed by atoms with E-state index < -0.39 is 0 Å². The molecule has 16 heavy (non-hydrogen) atoms. The molecule has 0 spiro atoms. The van der Waals surface area contributed by atoms with Crippen molar-refractivity contribution in [1.29, 1.82) is 0 Å². The Balaban J connectivity index is 0.000000293. The van der Waals surface area contributed by atoms with E-state index in [-0.39, 0.29) is 8.69 Å². The van der Waals surface area contributed by atoms with Gasteiger partial charge in [0, 0.05) is 19.8 Å². The first kappa shape index (κ1) is 15.1. The van der Waals surface area contributed by atoms with Crippen LogP contribution in [0.1, 0.15) is 13.8 Å². The van der Waals surface area contributed by atoms with E-state index in [1.165, 1.54) is 5.69 Å². The molecule has 0 fully saturated rings. The third-order valence-corrected chi connectivity index (χ3v) is 1.99. The fourth-order valence-electron chi connectivity index (χ4n) is 0.906. The van der Waals surface area contributed by atoms with Crippen molar-refractivity contribution in [3.63, 3.8) is 0 Å². The van der Waals surface area contributed by atoms with Crippen LogP contribution in [0.4, 0.5) is 5.69 Å². The van der Waals surface area contributed by atoms with E-state index >= 15 is 0 Å². The molecule has 0 saturated carbocycles. The van der Waals surface area contributed by atoms with Gasteiger partial charge >= 0.3 is 8.69 Å². The molecule has 0 aliphatic heterocycles. The lowest BCUT2D eigenvalue weighted by Crippen LogP contribution is -2.07. The van der Waals surface area contributed by atoms with E-state index in [0.29, 0.717) is 12.5 Å². The maximum atomic E-state index is 9.58. The van der Waals surface area contributed by atoms with Crippen molar-refractivity contribution >= 4 is 14.4 Å². The Morgan fingerprint density at radius 1 is 1.25 bits per heavy atom. The summed E-state index contributed by atoms with van der Waals surface area (Å²) in [5.74, 6) is 0.474. The molecule has 3 nitrogen and oxygen atoms in total. The molecule has 1 aromatic carbocycles. The molecule has 0 heterocycles. The molecule has 0 aliphatic carbocycles. The van der Waals surface area contributed by atoms with Crippen LogP contribution in [0.3, 0.4) is 0 Å². The van der Waals surface area contributed by atoms with Crippen LogP contribution in [0.5, 0.6) is 0 Å². The highest BCUT2D eigenvalue weighted by Gasteiger charge is 1.89. The molecule has 0 saturated heterocycles. The molecule has 0 bridgehead atoms. The molecule has 4 heteroatoms. The lowest BCUT2D eigenvalue weighted by molar-refractivity contribution is 0.293. The highest BCUT2D eigenvalue weighted by Crippen LogP contribution is 2.07. The van der Waals surface area contributed by atoms with Crippen molar-refractivity contribution in [3.05, 3.63) is 30.3 Å². The van der Waals surface area contributed by atoms with Crippen LogP contribution in [-0.2, 0) is 9.09 Å². The van der Waals surface area contributed by atoms with Gasteiger partial charge in [0.15, 0.2) is 0 Å². The standard InChI is InChI=1S/C8H11N.C4H9O2P/c1-9(2)8-6-4-3-5-7-8;1-4(2)3-6-7-5/h3-7H,1-2H3;4H,3H2,1-2H3. The van der Waals surface area contributed by atoms with Gasteiger partial charge in [-0.3, -0.25) is 4.52 Å². The number of benzene rings is 1. The minimum Gasteiger partial charge on any atom is -0.378 e. The van der Waals surface area contributed by atoms with Crippen LogP contribution >= 0.6 is 8.69 Å². The van der Waals surface area contributed by atoms with E-state index in [4.69, 9.17) is 0 Å². The Morgan fingerprint density at radius 2 is 1.81 bits per heavy atom. The Bertz CT molecular complexity index is 276. The maximum Gasteiger partial charge on any atom is 0.327 e. The summed E-state index contributed by atoms with van der Waals surface area (Å²) in [6, 6.07) is 10.3. The number of hydrogen-bond donors (Lipinski definition) is 0. The van der Waals surface area contributed by atoms with Gasteiger partial charge in [-0.1, -0.05) is 32.0 Å². The summed E-state index contributed by atoms with van der Waals surface area (Å²) in [6.45, 7) is 4.58. The molecule has 0 atom stereocenters. The molecule has 0 N–H and O–H groups in total. The van der Waals surface area contributed by atoms with Gasteiger partial charge in [-0.25, -0.2) is 4.57 Å². The second-order valence-corrected chi connectivity index (χ2v) is 4.40. The van der Waals surface area contributed by atoms with Crippen LogP contribution in [0.15, 0.2) is 30.3 Å². The Morgan fingerprint density at radius 3 is 2.06 bits per heavy atom. The van der Waals surface area contributed by atoms with Crippen molar-refractivity contribution < 1.29 is 9.09 Å². The van der Waals surface area contributed by atoms with Crippen molar-refractivity contribution in [3.8, 4) is 0 Å². The molecule has 0 unspecified atom stereocenters. The van der Waals surface area contributed by atoms with Gasteiger partial charge in [0.1, 0.15) is 0 Å². The van der Waals surface area contributed by atoms with Crippen molar-refractivity contribution in [2.24, 2.45) is 5.92 Å². The summed E-state index contributed by atoms with van der Waals surface area (Å²) in [7, 11) is 3.86. The van der Waals surface area contributed by atoms with Gasteiger partial charge in [-0.2, -0.15) is 0 Å². The Labute approximate surface area is 99.7 Å². The summed E-state index contributed by atoms with van der Waals surface area (Å²) in [6.07, 6.45) is 0. The first-order valence-electron chi connectivity index (χ1n) is 5.25. The molecule has 90 valence electrons. The van der Waals surface area contributed by atoms with Crippen LogP contribution < -0.4 is 4.90 Å². The summed E-state index contributed by atoms with van der Waals surface area (Å²) in [5, 5.41) is 0. The SMILES string of the molecule is CC(C)COP=O.CN(C)c1ccccc1. The maximum absolute atomic E-state index is 9.58. The lowest BCUT2D eigenvalue weighted by atomic mass is 10.2. The van der Waals surface area contributed by atoms with Gasteiger partial charge in [0.05, 0.1) is 6.61 Å². The normalized spacial score (nSPS) is 9.81. The second-order valence-electron chi connectivity index (χ2n) is 3.99. The van der Waals surface area contributed by atoms with Gasteiger partial charge in [-0.05, 0) is 18.1 Å². The van der Waals surface area contributed by atoms with E-state index in [1.54, 1.807) is 0 Å². The minimum atomic E-state index is -0.210. The van der Waals surface area contributed by atoms with Gasteiger partial charge in [0.2, 0.25) is 0 Å². The van der Waals surface area contributed by atoms with Crippen LogP contribution in [0.25, 0.3) is 0 Å². The summed E-state index contributed by atoms with van der Waals surface area (Å²) < 4.78 is 14.1. The van der Waals surface area contributed by atoms with Crippen molar-refractivity contribution in [2.45, 2.75) is 13.8 Å². The second kappa shape index (κ2) is 9.32. The van der Waals surface area contributed by atoms with Gasteiger partial charge in [0.25, 0.3) is 0 Å². The minimum absolute atomic E-state index is 0.210. The van der Waals surface area contributed by atoms with Crippen molar-refractivity contribution in [1.82, 2.24) is 0 Å². The molecule has 0 aliphatic rings. The third-order valence-electron chi connectivity index (χ3n) is 1.73. The monoisotopic (exact) mass is 241 g/mol. The van der Waals surface area contributed by atoms with Gasteiger partial charge in [-0.15, -0.1) is 0 Å². The average molecular weight is 241 g/mol. The molecular formula is C12H20NO2P. The first-order valence-corrected chi connectivity index (χ1v) is 5.98. The molecule has 1 rings (SSSR count). The van der Waals surface area contributed by atoms with Crippen LogP contribution in [-0.4, -0.2) is 20.7 Å². The van der Waals surface area contributed by atoms with Crippen molar-refractivity contribution in [2.75, 3.05) is 25.6 Å². The van der Waals surface area contributed by atoms with E-state index in [0.717, 1.165) is 0 Å². The fourth-order valence-corrected chi connectivity index (χ4v) is 1.26. The zero-order valence-corrected chi connectivity index (χ0v) is 11.3. The number of hydrogen-bond acceptors (Lipinski definition) is 3. The van der Waals surface area contributed by atoms with E-state index in [1.807, 2.05) is 46.1 Å². The summed E-state index contributed by atoms with van der Waals surface area (Å²) in [4.78, 5) is 2.08. The van der Waals surface area contributed by atoms with Gasteiger partial charge < -0.3 is 4.90 Å². The highest BCUT2D eigenvalue weighted by atomic mass is 31.1. The Kier molecular flexibility index (Phi) is 8.78. The molecule has 0 aromatic heterocycles. The van der Waals surface area contributed by atoms with E-state index in [2.05, 4.69) is 21.6 Å². The predicted octanol–water partition coefficient (Wildman–Crippen LogP) is 3.62. The van der Waals surface area contributed by atoms with Crippen LogP contribution in [0.2, 0.25) is 0 Å². The highest BCUT2D eigenvalue weighted by molar-refractivity contribution is 7.17. The largest absolute Gasteiger partial charge is 0.378 e. The average Bonchev–Trinajstić information content (AvgIpc) is 2.28. The smallest absolute Gasteiger partial charge is 0.327 e. The topological polar surface area (TPSA) is 29.5 Å². The predicted molar refractivity (Wildman–Crippen MR) is 69.2 cm³/mol. The number of rotatable bonds is 4. The molecule has 1 aromatic rings. The number of para-hydroxylation sites is 1. The number of nitrogens with zero attached hydrogens (tertiary/aromatic N) is 1.